The number of halogens is 1. The lowest BCUT2D eigenvalue weighted by Gasteiger charge is -2.30. The van der Waals surface area contributed by atoms with Crippen molar-refractivity contribution in [2.24, 2.45) is 5.92 Å². The van der Waals surface area contributed by atoms with Crippen LogP contribution in [0.5, 0.6) is 5.75 Å². The Morgan fingerprint density at radius 3 is 2.43 bits per heavy atom. The van der Waals surface area contributed by atoms with Gasteiger partial charge >= 0.3 is 5.97 Å². The molecule has 2 N–H and O–H groups in total. The molecule has 0 spiro atoms. The third kappa shape index (κ3) is 9.92. The summed E-state index contributed by atoms with van der Waals surface area (Å²) in [5.41, 5.74) is 1.61. The lowest BCUT2D eigenvalue weighted by Crippen LogP contribution is -2.46. The van der Waals surface area contributed by atoms with Gasteiger partial charge in [-0.1, -0.05) is 31.5 Å². The first-order valence-corrected chi connectivity index (χ1v) is 14.3. The van der Waals surface area contributed by atoms with E-state index < -0.39 is 23.7 Å². The van der Waals surface area contributed by atoms with Gasteiger partial charge in [0.25, 0.3) is 5.91 Å². The molecule has 1 heterocycles. The molecule has 3 rings (SSSR count). The fourth-order valence-corrected chi connectivity index (χ4v) is 4.71. The molecular formula is C30H39ClN4O7. The van der Waals surface area contributed by atoms with Gasteiger partial charge in [0.1, 0.15) is 12.3 Å². The molecule has 2 aromatic rings. The predicted octanol–water partition coefficient (Wildman–Crippen LogP) is 3.62. The van der Waals surface area contributed by atoms with Gasteiger partial charge in [-0.15, -0.1) is 0 Å². The van der Waals surface area contributed by atoms with Crippen molar-refractivity contribution in [3.05, 3.63) is 53.1 Å². The summed E-state index contributed by atoms with van der Waals surface area (Å²) < 4.78 is 10.6. The first kappa shape index (κ1) is 32.7. The number of carbonyl (C=O) groups is 4. The SMILES string of the molecule is COc1cccc(C(=O)N(CCC(=O)O)CC(=O)N(CCC(C)C)CC(=O)Nc2ccc(N3CCOCC3)c(Cl)c2)c1. The smallest absolute Gasteiger partial charge is 0.305 e. The number of hydrogen-bond donors (Lipinski definition) is 2. The molecule has 0 aliphatic carbocycles. The number of amides is 3. The number of carbonyl (C=O) groups excluding carboxylic acids is 3. The summed E-state index contributed by atoms with van der Waals surface area (Å²) in [4.78, 5) is 55.8. The maximum Gasteiger partial charge on any atom is 0.305 e. The second-order valence-corrected chi connectivity index (χ2v) is 10.8. The van der Waals surface area contributed by atoms with Crippen LogP contribution in [-0.4, -0.2) is 98.2 Å². The molecule has 0 atom stereocenters. The molecule has 1 aliphatic heterocycles. The number of morpholine rings is 1. The second kappa shape index (κ2) is 16.0. The van der Waals surface area contributed by atoms with E-state index in [1.54, 1.807) is 30.3 Å². The molecular weight excluding hydrogens is 564 g/mol. The number of nitrogens with zero attached hydrogens (tertiary/aromatic N) is 3. The number of hydrogen-bond acceptors (Lipinski definition) is 7. The van der Waals surface area contributed by atoms with Crippen molar-refractivity contribution in [1.29, 1.82) is 0 Å². The van der Waals surface area contributed by atoms with Gasteiger partial charge in [0, 0.05) is 37.4 Å². The minimum atomic E-state index is -1.10. The van der Waals surface area contributed by atoms with E-state index in [0.29, 0.717) is 42.6 Å². The Morgan fingerprint density at radius 1 is 1.05 bits per heavy atom. The van der Waals surface area contributed by atoms with Gasteiger partial charge in [-0.2, -0.15) is 0 Å². The number of methoxy groups -OCH3 is 1. The van der Waals surface area contributed by atoms with Gasteiger partial charge in [0.2, 0.25) is 11.8 Å². The summed E-state index contributed by atoms with van der Waals surface area (Å²) in [5, 5.41) is 12.5. The number of rotatable bonds is 14. The van der Waals surface area contributed by atoms with Crippen molar-refractivity contribution < 1.29 is 33.8 Å². The number of ether oxygens (including phenoxy) is 2. The summed E-state index contributed by atoms with van der Waals surface area (Å²) in [6.45, 7) is 6.20. The lowest BCUT2D eigenvalue weighted by molar-refractivity contribution is -0.138. The van der Waals surface area contributed by atoms with Crippen molar-refractivity contribution >= 4 is 46.7 Å². The van der Waals surface area contributed by atoms with Crippen molar-refractivity contribution in [3.8, 4) is 5.75 Å². The van der Waals surface area contributed by atoms with Gasteiger partial charge in [0.05, 0.1) is 44.0 Å². The summed E-state index contributed by atoms with van der Waals surface area (Å²) in [7, 11) is 1.47. The van der Waals surface area contributed by atoms with Gasteiger partial charge < -0.3 is 34.6 Å². The van der Waals surface area contributed by atoms with Crippen LogP contribution in [0.3, 0.4) is 0 Å². The molecule has 0 unspecified atom stereocenters. The van der Waals surface area contributed by atoms with Crippen LogP contribution in [0, 0.1) is 5.92 Å². The number of carboxylic acids is 1. The Balaban J connectivity index is 1.72. The van der Waals surface area contributed by atoms with E-state index >= 15 is 0 Å². The van der Waals surface area contributed by atoms with Crippen LogP contribution in [0.15, 0.2) is 42.5 Å². The predicted molar refractivity (Wildman–Crippen MR) is 160 cm³/mol. The quantitative estimate of drug-likeness (QED) is 0.336. The van der Waals surface area contributed by atoms with Crippen molar-refractivity contribution in [2.75, 3.05) is 69.8 Å². The molecule has 228 valence electrons. The molecule has 1 fully saturated rings. The molecule has 0 bridgehead atoms. The Kier molecular flexibility index (Phi) is 12.4. The van der Waals surface area contributed by atoms with E-state index in [9.17, 15) is 24.3 Å². The topological polar surface area (TPSA) is 129 Å². The summed E-state index contributed by atoms with van der Waals surface area (Å²) in [6.07, 6.45) is 0.300. The average molecular weight is 603 g/mol. The van der Waals surface area contributed by atoms with E-state index in [1.165, 1.54) is 23.0 Å². The third-order valence-electron chi connectivity index (χ3n) is 6.77. The van der Waals surface area contributed by atoms with Crippen molar-refractivity contribution in [3.63, 3.8) is 0 Å². The zero-order valence-corrected chi connectivity index (χ0v) is 25.1. The Labute approximate surface area is 251 Å². The van der Waals surface area contributed by atoms with E-state index in [-0.39, 0.29) is 37.5 Å². The molecule has 0 aromatic heterocycles. The second-order valence-electron chi connectivity index (χ2n) is 10.4. The zero-order chi connectivity index (χ0) is 30.6. The van der Waals surface area contributed by atoms with Crippen LogP contribution in [-0.2, 0) is 19.1 Å². The molecule has 0 radical (unpaired) electrons. The fourth-order valence-electron chi connectivity index (χ4n) is 4.41. The highest BCUT2D eigenvalue weighted by Gasteiger charge is 2.25. The monoisotopic (exact) mass is 602 g/mol. The molecule has 1 saturated heterocycles. The van der Waals surface area contributed by atoms with Crippen LogP contribution in [0.1, 0.15) is 37.0 Å². The number of aliphatic carboxylic acids is 1. The number of carboxylic acid groups (broad SMARTS) is 1. The highest BCUT2D eigenvalue weighted by molar-refractivity contribution is 6.33. The molecule has 1 aliphatic rings. The maximum atomic E-state index is 13.5. The van der Waals surface area contributed by atoms with E-state index in [2.05, 4.69) is 10.2 Å². The number of benzene rings is 2. The Morgan fingerprint density at radius 2 is 1.79 bits per heavy atom. The lowest BCUT2D eigenvalue weighted by atomic mass is 10.1. The van der Waals surface area contributed by atoms with E-state index in [4.69, 9.17) is 21.1 Å². The maximum absolute atomic E-state index is 13.5. The molecule has 11 nitrogen and oxygen atoms in total. The summed E-state index contributed by atoms with van der Waals surface area (Å²) in [6, 6.07) is 11.7. The van der Waals surface area contributed by atoms with Crippen LogP contribution in [0.25, 0.3) is 0 Å². The van der Waals surface area contributed by atoms with Crippen LogP contribution in [0.2, 0.25) is 5.02 Å². The number of anilines is 2. The minimum absolute atomic E-state index is 0.171. The minimum Gasteiger partial charge on any atom is -0.497 e. The summed E-state index contributed by atoms with van der Waals surface area (Å²) >= 11 is 6.51. The normalized spacial score (nSPS) is 13.0. The van der Waals surface area contributed by atoms with Crippen LogP contribution < -0.4 is 15.0 Å². The first-order chi connectivity index (χ1) is 20.1. The van der Waals surface area contributed by atoms with Gasteiger partial charge in [0.15, 0.2) is 0 Å². The van der Waals surface area contributed by atoms with Crippen molar-refractivity contribution in [2.45, 2.75) is 26.7 Å². The number of nitrogens with one attached hydrogen (secondary N) is 1. The molecule has 12 heteroatoms. The standard InChI is InChI=1S/C30H39ClN4O7/c1-21(2)9-11-34(19-27(36)32-23-7-8-26(25(31)18-23)33-13-15-42-16-14-33)28(37)20-35(12-10-29(38)39)30(40)22-5-4-6-24(17-22)41-3/h4-8,17-18,21H,9-16,19-20H2,1-3H3,(H,32,36)(H,38,39). The Hall–Kier alpha value is -3.83. The first-order valence-electron chi connectivity index (χ1n) is 13.9. The van der Waals surface area contributed by atoms with Gasteiger partial charge in [-0.3, -0.25) is 19.2 Å². The summed E-state index contributed by atoms with van der Waals surface area (Å²) in [5.74, 6) is -1.77. The van der Waals surface area contributed by atoms with Gasteiger partial charge in [-0.25, -0.2) is 0 Å². The van der Waals surface area contributed by atoms with E-state index in [1.807, 2.05) is 19.9 Å². The van der Waals surface area contributed by atoms with Crippen molar-refractivity contribution in [1.82, 2.24) is 9.80 Å². The molecule has 0 saturated carbocycles. The average Bonchev–Trinajstić information content (AvgIpc) is 2.97. The fraction of sp³-hybridized carbons (Fsp3) is 0.467. The van der Waals surface area contributed by atoms with Crippen LogP contribution >= 0.6 is 11.6 Å². The highest BCUT2D eigenvalue weighted by Crippen LogP contribution is 2.29. The van der Waals surface area contributed by atoms with E-state index in [0.717, 1.165) is 18.8 Å². The highest BCUT2D eigenvalue weighted by atomic mass is 35.5. The third-order valence-corrected chi connectivity index (χ3v) is 7.08. The zero-order valence-electron chi connectivity index (χ0n) is 24.3. The molecule has 3 amide bonds. The Bertz CT molecular complexity index is 1250. The molecule has 42 heavy (non-hydrogen) atoms. The largest absolute Gasteiger partial charge is 0.497 e. The molecule has 2 aromatic carbocycles. The van der Waals surface area contributed by atoms with Crippen LogP contribution in [0.4, 0.5) is 11.4 Å². The van der Waals surface area contributed by atoms with Gasteiger partial charge in [-0.05, 0) is 48.7 Å².